The lowest BCUT2D eigenvalue weighted by atomic mass is 10.2. The normalized spacial score (nSPS) is 11.2. The summed E-state index contributed by atoms with van der Waals surface area (Å²) >= 11 is 1.57. The van der Waals surface area contributed by atoms with E-state index in [-0.39, 0.29) is 11.5 Å². The first-order chi connectivity index (χ1) is 15.5. The predicted molar refractivity (Wildman–Crippen MR) is 122 cm³/mol. The number of aromatic nitrogens is 6. The minimum atomic E-state index is -0.416. The molecule has 166 valence electrons. The number of hydrogen-bond donors (Lipinski definition) is 1. The van der Waals surface area contributed by atoms with Gasteiger partial charge in [0.15, 0.2) is 11.2 Å². The van der Waals surface area contributed by atoms with Crippen molar-refractivity contribution in [2.75, 3.05) is 6.54 Å². The van der Waals surface area contributed by atoms with E-state index in [9.17, 15) is 14.4 Å². The zero-order chi connectivity index (χ0) is 22.7. The molecule has 0 aromatic carbocycles. The van der Waals surface area contributed by atoms with Crippen LogP contribution in [0.1, 0.15) is 17.8 Å². The molecule has 4 aromatic rings. The van der Waals surface area contributed by atoms with Gasteiger partial charge in [0.25, 0.3) is 5.56 Å². The van der Waals surface area contributed by atoms with Gasteiger partial charge in [0, 0.05) is 63.4 Å². The van der Waals surface area contributed by atoms with Crippen molar-refractivity contribution in [3.05, 3.63) is 62.1 Å². The standard InChI is InChI=1S/C21H23N7O3S/c1-26-19-18(20(30)27(2)21(26)31)28(13-24-19)11-3-4-16(29)23-10-7-17-25-15(12-32-17)14-5-8-22-9-6-14/h5-6,8-9,12-13H,3-4,7,10-11H2,1-2H3,(H,23,29). The van der Waals surface area contributed by atoms with E-state index in [4.69, 9.17) is 0 Å². The zero-order valence-corrected chi connectivity index (χ0v) is 18.6. The van der Waals surface area contributed by atoms with Crippen LogP contribution in [0.5, 0.6) is 0 Å². The molecule has 4 aromatic heterocycles. The number of pyridine rings is 1. The molecule has 0 aliphatic heterocycles. The van der Waals surface area contributed by atoms with Gasteiger partial charge in [-0.05, 0) is 18.6 Å². The Morgan fingerprint density at radius 3 is 2.72 bits per heavy atom. The molecule has 1 amide bonds. The van der Waals surface area contributed by atoms with Crippen molar-refractivity contribution >= 4 is 28.4 Å². The summed E-state index contributed by atoms with van der Waals surface area (Å²) in [6.07, 6.45) is 6.54. The number of amides is 1. The maximum absolute atomic E-state index is 12.5. The Morgan fingerprint density at radius 1 is 1.16 bits per heavy atom. The lowest BCUT2D eigenvalue weighted by Gasteiger charge is -2.07. The van der Waals surface area contributed by atoms with E-state index in [1.165, 1.54) is 17.9 Å². The summed E-state index contributed by atoms with van der Waals surface area (Å²) in [4.78, 5) is 49.5. The minimum Gasteiger partial charge on any atom is -0.356 e. The molecule has 0 saturated heterocycles. The molecule has 4 heterocycles. The molecule has 0 bridgehead atoms. The fraction of sp³-hybridized carbons (Fsp3) is 0.333. The van der Waals surface area contributed by atoms with Crippen molar-refractivity contribution in [2.45, 2.75) is 25.8 Å². The van der Waals surface area contributed by atoms with E-state index in [1.54, 1.807) is 35.3 Å². The third kappa shape index (κ3) is 4.37. The molecule has 0 radical (unpaired) electrons. The van der Waals surface area contributed by atoms with Crippen LogP contribution >= 0.6 is 11.3 Å². The number of imidazole rings is 1. The highest BCUT2D eigenvalue weighted by atomic mass is 32.1. The van der Waals surface area contributed by atoms with Crippen LogP contribution in [0.3, 0.4) is 0 Å². The molecule has 0 aliphatic carbocycles. The third-order valence-electron chi connectivity index (χ3n) is 5.21. The molecule has 0 unspecified atom stereocenters. The summed E-state index contributed by atoms with van der Waals surface area (Å²) < 4.78 is 4.10. The lowest BCUT2D eigenvalue weighted by Crippen LogP contribution is -2.37. The number of hydrogen-bond acceptors (Lipinski definition) is 7. The molecule has 1 N–H and O–H groups in total. The van der Waals surface area contributed by atoms with E-state index in [0.717, 1.165) is 20.8 Å². The van der Waals surface area contributed by atoms with Gasteiger partial charge in [-0.15, -0.1) is 11.3 Å². The number of carbonyl (C=O) groups is 1. The Kier molecular flexibility index (Phi) is 6.26. The number of carbonyl (C=O) groups excluding carboxylic acids is 1. The quantitative estimate of drug-likeness (QED) is 0.427. The number of thiazole rings is 1. The van der Waals surface area contributed by atoms with Crippen LogP contribution in [0.2, 0.25) is 0 Å². The predicted octanol–water partition coefficient (Wildman–Crippen LogP) is 1.09. The molecule has 0 saturated carbocycles. The van der Waals surface area contributed by atoms with E-state index < -0.39 is 5.69 Å². The summed E-state index contributed by atoms with van der Waals surface area (Å²) in [6, 6.07) is 3.83. The van der Waals surface area contributed by atoms with Crippen molar-refractivity contribution in [1.29, 1.82) is 0 Å². The molecule has 0 spiro atoms. The van der Waals surface area contributed by atoms with Crippen LogP contribution in [0, 0.1) is 0 Å². The van der Waals surface area contributed by atoms with Gasteiger partial charge in [0.1, 0.15) is 0 Å². The molecule has 10 nitrogen and oxygen atoms in total. The van der Waals surface area contributed by atoms with Crippen LogP contribution in [0.4, 0.5) is 0 Å². The van der Waals surface area contributed by atoms with Crippen LogP contribution in [0.15, 0.2) is 45.8 Å². The van der Waals surface area contributed by atoms with Gasteiger partial charge in [0.2, 0.25) is 5.91 Å². The highest BCUT2D eigenvalue weighted by Crippen LogP contribution is 2.21. The average Bonchev–Trinajstić information content (AvgIpc) is 3.44. The van der Waals surface area contributed by atoms with E-state index in [1.807, 2.05) is 17.5 Å². The largest absolute Gasteiger partial charge is 0.356 e. The molecule has 11 heteroatoms. The number of aryl methyl sites for hydroxylation is 2. The van der Waals surface area contributed by atoms with Crippen molar-refractivity contribution in [1.82, 2.24) is 34.0 Å². The first-order valence-corrected chi connectivity index (χ1v) is 11.1. The molecular weight excluding hydrogens is 430 g/mol. The fourth-order valence-corrected chi connectivity index (χ4v) is 4.26. The third-order valence-corrected chi connectivity index (χ3v) is 6.12. The van der Waals surface area contributed by atoms with Gasteiger partial charge >= 0.3 is 5.69 Å². The second kappa shape index (κ2) is 9.27. The molecule has 0 aliphatic rings. The summed E-state index contributed by atoms with van der Waals surface area (Å²) in [7, 11) is 3.02. The van der Waals surface area contributed by atoms with Crippen LogP contribution in [-0.2, 0) is 31.9 Å². The summed E-state index contributed by atoms with van der Waals surface area (Å²) in [6.45, 7) is 0.970. The highest BCUT2D eigenvalue weighted by molar-refractivity contribution is 7.09. The summed E-state index contributed by atoms with van der Waals surface area (Å²) in [5.41, 5.74) is 1.84. The summed E-state index contributed by atoms with van der Waals surface area (Å²) in [5.74, 6) is -0.0550. The lowest BCUT2D eigenvalue weighted by molar-refractivity contribution is -0.121. The van der Waals surface area contributed by atoms with E-state index in [2.05, 4.69) is 20.3 Å². The summed E-state index contributed by atoms with van der Waals surface area (Å²) in [5, 5.41) is 5.88. The van der Waals surface area contributed by atoms with Crippen LogP contribution in [-0.4, -0.2) is 41.1 Å². The van der Waals surface area contributed by atoms with Gasteiger partial charge in [-0.3, -0.25) is 23.7 Å². The average molecular weight is 454 g/mol. The Hall–Kier alpha value is -3.60. The van der Waals surface area contributed by atoms with Crippen molar-refractivity contribution in [3.63, 3.8) is 0 Å². The van der Waals surface area contributed by atoms with E-state index in [0.29, 0.717) is 43.5 Å². The topological polar surface area (TPSA) is 117 Å². The number of nitrogens with one attached hydrogen (secondary N) is 1. The second-order valence-corrected chi connectivity index (χ2v) is 8.32. The van der Waals surface area contributed by atoms with Gasteiger partial charge in [-0.25, -0.2) is 14.8 Å². The molecule has 0 atom stereocenters. The van der Waals surface area contributed by atoms with Gasteiger partial charge in [-0.1, -0.05) is 0 Å². The Morgan fingerprint density at radius 2 is 1.94 bits per heavy atom. The Balaban J connectivity index is 1.27. The van der Waals surface area contributed by atoms with Gasteiger partial charge in [0.05, 0.1) is 17.0 Å². The molecular formula is C21H23N7O3S. The van der Waals surface area contributed by atoms with Crippen LogP contribution in [0.25, 0.3) is 22.4 Å². The van der Waals surface area contributed by atoms with Crippen molar-refractivity contribution in [2.24, 2.45) is 14.1 Å². The molecule has 32 heavy (non-hydrogen) atoms. The first kappa shape index (κ1) is 21.6. The Labute approximate surface area is 187 Å². The number of fused-ring (bicyclic) bond motifs is 1. The molecule has 0 fully saturated rings. The number of rotatable bonds is 8. The van der Waals surface area contributed by atoms with Crippen molar-refractivity contribution < 1.29 is 4.79 Å². The molecule has 4 rings (SSSR count). The zero-order valence-electron chi connectivity index (χ0n) is 17.8. The van der Waals surface area contributed by atoms with Crippen molar-refractivity contribution in [3.8, 4) is 11.3 Å². The highest BCUT2D eigenvalue weighted by Gasteiger charge is 2.14. The van der Waals surface area contributed by atoms with Gasteiger partial charge < -0.3 is 9.88 Å². The maximum Gasteiger partial charge on any atom is 0.332 e. The maximum atomic E-state index is 12.5. The Bertz CT molecular complexity index is 1370. The monoisotopic (exact) mass is 453 g/mol. The smallest absolute Gasteiger partial charge is 0.332 e. The SMILES string of the molecule is Cn1c(=O)c2c(ncn2CCCC(=O)NCCc2nc(-c3ccncc3)cs2)n(C)c1=O. The van der Waals surface area contributed by atoms with Crippen LogP contribution < -0.4 is 16.6 Å². The number of nitrogens with zero attached hydrogens (tertiary/aromatic N) is 6. The van der Waals surface area contributed by atoms with Gasteiger partial charge in [-0.2, -0.15) is 0 Å². The van der Waals surface area contributed by atoms with E-state index >= 15 is 0 Å². The minimum absolute atomic E-state index is 0.0550. The second-order valence-electron chi connectivity index (χ2n) is 7.38. The first-order valence-electron chi connectivity index (χ1n) is 10.2. The fourth-order valence-electron chi connectivity index (χ4n) is 3.45.